The predicted molar refractivity (Wildman–Crippen MR) is 74.7 cm³/mol. The Morgan fingerprint density at radius 3 is 2.65 bits per heavy atom. The van der Waals surface area contributed by atoms with Crippen LogP contribution in [0.15, 0.2) is 18.2 Å². The number of hydrogen-bond donors (Lipinski definition) is 2. The van der Waals surface area contributed by atoms with E-state index in [1.54, 1.807) is 0 Å². The maximum Gasteiger partial charge on any atom is 0.393 e. The van der Waals surface area contributed by atoms with Crippen LogP contribution in [-0.4, -0.2) is 42.2 Å². The molecule has 0 bridgehead atoms. The van der Waals surface area contributed by atoms with E-state index in [4.69, 9.17) is 5.11 Å². The number of benzene rings is 1. The first-order valence-corrected chi connectivity index (χ1v) is 7.13. The second kappa shape index (κ2) is 6.84. The Balaban J connectivity index is 2.00. The van der Waals surface area contributed by atoms with Gasteiger partial charge in [0.05, 0.1) is 18.4 Å². The molecule has 0 unspecified atom stereocenters. The summed E-state index contributed by atoms with van der Waals surface area (Å²) in [7, 11) is 1.54. The minimum absolute atomic E-state index is 0.0355. The van der Waals surface area contributed by atoms with Gasteiger partial charge in [-0.1, -0.05) is 12.1 Å². The van der Waals surface area contributed by atoms with Crippen molar-refractivity contribution in [1.29, 1.82) is 0 Å². The first kappa shape index (κ1) is 17.7. The molecule has 0 radical (unpaired) electrons. The van der Waals surface area contributed by atoms with Crippen LogP contribution in [0.5, 0.6) is 0 Å². The third-order valence-electron chi connectivity index (χ3n) is 4.01. The molecule has 1 aliphatic rings. The fourth-order valence-electron chi connectivity index (χ4n) is 2.75. The zero-order valence-electron chi connectivity index (χ0n) is 12.5. The summed E-state index contributed by atoms with van der Waals surface area (Å²) in [5.74, 6) is -4.17. The van der Waals surface area contributed by atoms with Gasteiger partial charge in [0.25, 0.3) is 0 Å². The topological polar surface area (TPSA) is 52.6 Å². The summed E-state index contributed by atoms with van der Waals surface area (Å²) in [5.41, 5.74) is 0.539. The Hall–Kier alpha value is -1.67. The Labute approximate surface area is 131 Å². The standard InChI is InChI=1S/C15H18F4N2O2/c1-21-6-11(12(7-21)15(17,18)19)14(23)20-5-9-2-3-10(8-22)13(16)4-9/h2-4,11-12,22H,5-8H2,1H3,(H,20,23)/t11-,12-/m1/s1. The van der Waals surface area contributed by atoms with Gasteiger partial charge >= 0.3 is 6.18 Å². The van der Waals surface area contributed by atoms with Gasteiger partial charge in [-0.05, 0) is 18.7 Å². The monoisotopic (exact) mass is 334 g/mol. The molecule has 128 valence electrons. The molecular formula is C15H18F4N2O2. The first-order valence-electron chi connectivity index (χ1n) is 7.13. The van der Waals surface area contributed by atoms with E-state index in [1.807, 2.05) is 0 Å². The lowest BCUT2D eigenvalue weighted by Crippen LogP contribution is -2.39. The first-order chi connectivity index (χ1) is 10.7. The number of nitrogens with one attached hydrogen (secondary N) is 1. The number of carbonyl (C=O) groups excluding carboxylic acids is 1. The van der Waals surface area contributed by atoms with Crippen LogP contribution in [0.4, 0.5) is 17.6 Å². The van der Waals surface area contributed by atoms with Crippen LogP contribution in [0.25, 0.3) is 0 Å². The minimum Gasteiger partial charge on any atom is -0.392 e. The Morgan fingerprint density at radius 2 is 2.09 bits per heavy atom. The molecule has 1 heterocycles. The molecule has 2 atom stereocenters. The maximum absolute atomic E-state index is 13.5. The van der Waals surface area contributed by atoms with Crippen molar-refractivity contribution >= 4 is 5.91 Å². The maximum atomic E-state index is 13.5. The van der Waals surface area contributed by atoms with E-state index in [9.17, 15) is 22.4 Å². The Bertz CT molecular complexity index is 577. The number of alkyl halides is 3. The molecule has 1 aromatic carbocycles. The summed E-state index contributed by atoms with van der Waals surface area (Å²) in [5, 5.41) is 11.3. The molecule has 1 saturated heterocycles. The van der Waals surface area contributed by atoms with Crippen molar-refractivity contribution in [2.45, 2.75) is 19.3 Å². The van der Waals surface area contributed by atoms with Gasteiger partial charge in [-0.3, -0.25) is 4.79 Å². The summed E-state index contributed by atoms with van der Waals surface area (Å²) in [4.78, 5) is 13.5. The summed E-state index contributed by atoms with van der Waals surface area (Å²) in [6, 6.07) is 4.03. The van der Waals surface area contributed by atoms with Crippen molar-refractivity contribution in [3.63, 3.8) is 0 Å². The molecule has 1 aromatic rings. The smallest absolute Gasteiger partial charge is 0.392 e. The highest BCUT2D eigenvalue weighted by Crippen LogP contribution is 2.37. The van der Waals surface area contributed by atoms with Crippen molar-refractivity contribution < 1.29 is 27.5 Å². The quantitative estimate of drug-likeness (QED) is 0.824. The fraction of sp³-hybridized carbons (Fsp3) is 0.533. The highest BCUT2D eigenvalue weighted by Gasteiger charge is 2.51. The van der Waals surface area contributed by atoms with Gasteiger partial charge in [-0.25, -0.2) is 4.39 Å². The molecule has 0 aromatic heterocycles. The van der Waals surface area contributed by atoms with Crippen molar-refractivity contribution in [2.24, 2.45) is 11.8 Å². The largest absolute Gasteiger partial charge is 0.393 e. The van der Waals surface area contributed by atoms with Gasteiger partial charge in [0.2, 0.25) is 5.91 Å². The van der Waals surface area contributed by atoms with Gasteiger partial charge in [-0.15, -0.1) is 0 Å². The van der Waals surface area contributed by atoms with E-state index >= 15 is 0 Å². The van der Waals surface area contributed by atoms with E-state index in [-0.39, 0.29) is 25.2 Å². The number of aliphatic hydroxyl groups excluding tert-OH is 1. The van der Waals surface area contributed by atoms with Crippen LogP contribution >= 0.6 is 0 Å². The molecule has 8 heteroatoms. The zero-order chi connectivity index (χ0) is 17.2. The number of likely N-dealkylation sites (tertiary alicyclic amines) is 1. The zero-order valence-corrected chi connectivity index (χ0v) is 12.5. The van der Waals surface area contributed by atoms with E-state index in [2.05, 4.69) is 5.32 Å². The van der Waals surface area contributed by atoms with Crippen LogP contribution in [0.2, 0.25) is 0 Å². The third kappa shape index (κ3) is 4.20. The lowest BCUT2D eigenvalue weighted by atomic mass is 9.94. The fourth-order valence-corrected chi connectivity index (χ4v) is 2.75. The third-order valence-corrected chi connectivity index (χ3v) is 4.01. The van der Waals surface area contributed by atoms with Crippen molar-refractivity contribution in [1.82, 2.24) is 10.2 Å². The highest BCUT2D eigenvalue weighted by atomic mass is 19.4. The van der Waals surface area contributed by atoms with Gasteiger partial charge < -0.3 is 15.3 Å². The molecule has 1 amide bonds. The number of rotatable bonds is 4. The Kier molecular flexibility index (Phi) is 5.26. The average molecular weight is 334 g/mol. The molecule has 23 heavy (non-hydrogen) atoms. The molecule has 2 rings (SSSR count). The predicted octanol–water partition coefficient (Wildman–Crippen LogP) is 1.67. The molecule has 0 saturated carbocycles. The van der Waals surface area contributed by atoms with Crippen LogP contribution in [0, 0.1) is 17.7 Å². The van der Waals surface area contributed by atoms with Crippen LogP contribution in [-0.2, 0) is 17.9 Å². The van der Waals surface area contributed by atoms with Gasteiger partial charge in [0.15, 0.2) is 0 Å². The summed E-state index contributed by atoms with van der Waals surface area (Å²) < 4.78 is 52.4. The second-order valence-electron chi connectivity index (χ2n) is 5.78. The van der Waals surface area contributed by atoms with Crippen molar-refractivity contribution in [2.75, 3.05) is 20.1 Å². The normalized spacial score (nSPS) is 22.3. The van der Waals surface area contributed by atoms with Crippen molar-refractivity contribution in [3.05, 3.63) is 35.1 Å². The number of carbonyl (C=O) groups is 1. The van der Waals surface area contributed by atoms with Crippen molar-refractivity contribution in [3.8, 4) is 0 Å². The molecule has 1 fully saturated rings. The van der Waals surface area contributed by atoms with Gasteiger partial charge in [-0.2, -0.15) is 13.2 Å². The van der Waals surface area contributed by atoms with Crippen LogP contribution < -0.4 is 5.32 Å². The summed E-state index contributed by atoms with van der Waals surface area (Å²) in [6.07, 6.45) is -4.43. The molecule has 1 aliphatic heterocycles. The van der Waals surface area contributed by atoms with Crippen LogP contribution in [0.3, 0.4) is 0 Å². The van der Waals surface area contributed by atoms with Gasteiger partial charge in [0, 0.05) is 25.2 Å². The van der Waals surface area contributed by atoms with E-state index in [0.29, 0.717) is 5.56 Å². The minimum atomic E-state index is -4.43. The van der Waals surface area contributed by atoms with E-state index in [0.717, 1.165) is 6.07 Å². The molecule has 4 nitrogen and oxygen atoms in total. The summed E-state index contributed by atoms with van der Waals surface area (Å²) >= 11 is 0. The van der Waals surface area contributed by atoms with Crippen LogP contribution in [0.1, 0.15) is 11.1 Å². The van der Waals surface area contributed by atoms with E-state index in [1.165, 1.54) is 24.1 Å². The average Bonchev–Trinajstić information content (AvgIpc) is 2.87. The lowest BCUT2D eigenvalue weighted by Gasteiger charge is -2.20. The SMILES string of the molecule is CN1C[C@@H](C(F)(F)F)[C@H](C(=O)NCc2ccc(CO)c(F)c2)C1. The second-order valence-corrected chi connectivity index (χ2v) is 5.78. The molecule has 0 aliphatic carbocycles. The molecular weight excluding hydrogens is 316 g/mol. The van der Waals surface area contributed by atoms with E-state index < -0.39 is 36.3 Å². The Morgan fingerprint density at radius 1 is 1.39 bits per heavy atom. The number of amides is 1. The summed E-state index contributed by atoms with van der Waals surface area (Å²) in [6.45, 7) is -0.679. The lowest BCUT2D eigenvalue weighted by molar-refractivity contribution is -0.183. The number of nitrogens with zero attached hydrogens (tertiary/aromatic N) is 1. The number of aliphatic hydroxyl groups is 1. The number of hydrogen-bond acceptors (Lipinski definition) is 3. The van der Waals surface area contributed by atoms with Gasteiger partial charge in [0.1, 0.15) is 5.82 Å². The highest BCUT2D eigenvalue weighted by molar-refractivity contribution is 5.79. The molecule has 0 spiro atoms. The molecule has 2 N–H and O–H groups in total. The number of halogens is 4.